The van der Waals surface area contributed by atoms with Crippen LogP contribution in [0.1, 0.15) is 40.6 Å². The highest BCUT2D eigenvalue weighted by atomic mass is 32.1. The molecule has 2 rings (SSSR count). The summed E-state index contributed by atoms with van der Waals surface area (Å²) in [6, 6.07) is 9.49. The third-order valence-corrected chi connectivity index (χ3v) is 6.01. The fraction of sp³-hybridized carbons (Fsp3) is 0.467. The number of hydrogen-bond acceptors (Lipinski definition) is 4. The van der Waals surface area contributed by atoms with E-state index in [9.17, 15) is 0 Å². The highest BCUT2D eigenvalue weighted by Crippen LogP contribution is 2.33. The molecule has 4 heteroatoms. The molecule has 2 unspecified atom stereocenters. The van der Waals surface area contributed by atoms with Crippen molar-refractivity contribution >= 4 is 22.7 Å². The summed E-state index contributed by atoms with van der Waals surface area (Å²) >= 11 is 3.70. The Kier molecular flexibility index (Phi) is 5.16. The lowest BCUT2D eigenvalue weighted by Gasteiger charge is -2.31. The molecule has 104 valence electrons. The molecule has 0 aliphatic carbocycles. The van der Waals surface area contributed by atoms with E-state index in [1.807, 2.05) is 22.7 Å². The maximum Gasteiger partial charge on any atom is 0.0567 e. The van der Waals surface area contributed by atoms with Gasteiger partial charge in [0.15, 0.2) is 0 Å². The van der Waals surface area contributed by atoms with E-state index in [1.165, 1.54) is 14.6 Å². The number of aryl methyl sites for hydroxylation is 1. The molecule has 0 radical (unpaired) electrons. The Labute approximate surface area is 123 Å². The fourth-order valence-corrected chi connectivity index (χ4v) is 4.20. The van der Waals surface area contributed by atoms with Gasteiger partial charge in [-0.3, -0.25) is 4.90 Å². The molecule has 0 saturated carbocycles. The van der Waals surface area contributed by atoms with Crippen molar-refractivity contribution in [2.75, 3.05) is 13.6 Å². The highest BCUT2D eigenvalue weighted by Gasteiger charge is 2.23. The number of rotatable bonds is 6. The molecule has 0 bridgehead atoms. The van der Waals surface area contributed by atoms with Gasteiger partial charge >= 0.3 is 0 Å². The Morgan fingerprint density at radius 2 is 2.05 bits per heavy atom. The Morgan fingerprint density at radius 1 is 1.26 bits per heavy atom. The van der Waals surface area contributed by atoms with Gasteiger partial charge in [-0.05, 0) is 44.0 Å². The molecule has 0 aliphatic rings. The Balaban J connectivity index is 2.16. The quantitative estimate of drug-likeness (QED) is 0.870. The van der Waals surface area contributed by atoms with Gasteiger partial charge in [-0.1, -0.05) is 13.0 Å². The van der Waals surface area contributed by atoms with Crippen LogP contribution in [0.15, 0.2) is 29.6 Å². The van der Waals surface area contributed by atoms with Crippen LogP contribution in [0.5, 0.6) is 0 Å². The van der Waals surface area contributed by atoms with Gasteiger partial charge < -0.3 is 5.73 Å². The molecular weight excluding hydrogens is 272 g/mol. The second-order valence-electron chi connectivity index (χ2n) is 4.77. The predicted molar refractivity (Wildman–Crippen MR) is 86.0 cm³/mol. The van der Waals surface area contributed by atoms with E-state index < -0.39 is 0 Å². The van der Waals surface area contributed by atoms with Crippen molar-refractivity contribution < 1.29 is 0 Å². The van der Waals surface area contributed by atoms with Crippen molar-refractivity contribution in [1.29, 1.82) is 0 Å². The van der Waals surface area contributed by atoms with Gasteiger partial charge in [0.25, 0.3) is 0 Å². The smallest absolute Gasteiger partial charge is 0.0567 e. The first kappa shape index (κ1) is 14.7. The first-order valence-corrected chi connectivity index (χ1v) is 8.41. The largest absolute Gasteiger partial charge is 0.329 e. The van der Waals surface area contributed by atoms with Gasteiger partial charge in [-0.25, -0.2) is 0 Å². The first-order valence-electron chi connectivity index (χ1n) is 6.71. The molecule has 0 spiro atoms. The zero-order valence-electron chi connectivity index (χ0n) is 11.8. The highest BCUT2D eigenvalue weighted by molar-refractivity contribution is 7.12. The standard InChI is InChI=1S/C15H22N2S2/c1-4-12-7-8-15(19-12)13(10-16)17(3)11(2)14-6-5-9-18-14/h5-9,11,13H,4,10,16H2,1-3H3. The molecular formula is C15H22N2S2. The summed E-state index contributed by atoms with van der Waals surface area (Å²) in [6.45, 7) is 5.11. The Hall–Kier alpha value is -0.680. The van der Waals surface area contributed by atoms with Crippen molar-refractivity contribution in [1.82, 2.24) is 4.90 Å². The maximum absolute atomic E-state index is 6.02. The Morgan fingerprint density at radius 3 is 2.58 bits per heavy atom. The number of hydrogen-bond donors (Lipinski definition) is 1. The van der Waals surface area contributed by atoms with Crippen LogP contribution in [0.4, 0.5) is 0 Å². The maximum atomic E-state index is 6.02. The van der Waals surface area contributed by atoms with E-state index in [-0.39, 0.29) is 0 Å². The van der Waals surface area contributed by atoms with Crippen molar-refractivity contribution in [3.05, 3.63) is 44.3 Å². The SMILES string of the molecule is CCc1ccc(C(CN)N(C)C(C)c2cccs2)s1. The first-order chi connectivity index (χ1) is 9.17. The minimum absolute atomic E-state index is 0.308. The topological polar surface area (TPSA) is 29.3 Å². The van der Waals surface area contributed by atoms with Gasteiger partial charge in [0.2, 0.25) is 0 Å². The molecule has 2 aromatic rings. The van der Waals surface area contributed by atoms with Gasteiger partial charge in [-0.2, -0.15) is 0 Å². The van der Waals surface area contributed by atoms with Crippen LogP contribution in [-0.4, -0.2) is 18.5 Å². The van der Waals surface area contributed by atoms with Crippen molar-refractivity contribution in [3.63, 3.8) is 0 Å². The van der Waals surface area contributed by atoms with Crippen LogP contribution in [0.2, 0.25) is 0 Å². The minimum atomic E-state index is 0.308. The molecule has 0 aliphatic heterocycles. The van der Waals surface area contributed by atoms with Crippen molar-refractivity contribution in [2.45, 2.75) is 32.4 Å². The summed E-state index contributed by atoms with van der Waals surface area (Å²) in [5.74, 6) is 0. The average molecular weight is 294 g/mol. The summed E-state index contributed by atoms with van der Waals surface area (Å²) in [6.07, 6.45) is 1.10. The summed E-state index contributed by atoms with van der Waals surface area (Å²) in [7, 11) is 2.17. The van der Waals surface area contributed by atoms with Crippen LogP contribution in [0.25, 0.3) is 0 Å². The molecule has 19 heavy (non-hydrogen) atoms. The van der Waals surface area contributed by atoms with Gasteiger partial charge in [-0.15, -0.1) is 22.7 Å². The van der Waals surface area contributed by atoms with E-state index in [4.69, 9.17) is 5.73 Å². The number of nitrogens with two attached hydrogens (primary N) is 1. The normalized spacial score (nSPS) is 14.8. The molecule has 2 nitrogen and oxygen atoms in total. The molecule has 0 amide bonds. The van der Waals surface area contributed by atoms with E-state index >= 15 is 0 Å². The van der Waals surface area contributed by atoms with E-state index in [2.05, 4.69) is 55.4 Å². The molecule has 0 aromatic carbocycles. The molecule has 2 aromatic heterocycles. The Bertz CT molecular complexity index is 490. The van der Waals surface area contributed by atoms with E-state index in [0.29, 0.717) is 18.6 Å². The molecule has 0 fully saturated rings. The summed E-state index contributed by atoms with van der Waals surface area (Å²) < 4.78 is 0. The predicted octanol–water partition coefficient (Wildman–Crippen LogP) is 4.06. The monoisotopic (exact) mass is 294 g/mol. The molecule has 2 atom stereocenters. The third kappa shape index (κ3) is 3.26. The number of likely N-dealkylation sites (N-methyl/N-ethyl adjacent to an activating group) is 1. The molecule has 0 saturated heterocycles. The molecule has 2 heterocycles. The average Bonchev–Trinajstić information content (AvgIpc) is 3.09. The lowest BCUT2D eigenvalue weighted by atomic mass is 10.1. The van der Waals surface area contributed by atoms with Gasteiger partial charge in [0, 0.05) is 27.2 Å². The van der Waals surface area contributed by atoms with E-state index in [0.717, 1.165) is 6.42 Å². The van der Waals surface area contributed by atoms with Crippen LogP contribution >= 0.6 is 22.7 Å². The lowest BCUT2D eigenvalue weighted by Crippen LogP contribution is -2.31. The second kappa shape index (κ2) is 6.66. The second-order valence-corrected chi connectivity index (χ2v) is 6.95. The molecule has 2 N–H and O–H groups in total. The van der Waals surface area contributed by atoms with Gasteiger partial charge in [0.1, 0.15) is 0 Å². The van der Waals surface area contributed by atoms with Crippen LogP contribution in [-0.2, 0) is 6.42 Å². The van der Waals surface area contributed by atoms with Crippen LogP contribution in [0, 0.1) is 0 Å². The number of nitrogens with zero attached hydrogens (tertiary/aromatic N) is 1. The van der Waals surface area contributed by atoms with Gasteiger partial charge in [0.05, 0.1) is 6.04 Å². The minimum Gasteiger partial charge on any atom is -0.329 e. The van der Waals surface area contributed by atoms with Crippen LogP contribution < -0.4 is 5.73 Å². The zero-order chi connectivity index (χ0) is 13.8. The lowest BCUT2D eigenvalue weighted by molar-refractivity contribution is 0.195. The van der Waals surface area contributed by atoms with E-state index in [1.54, 1.807) is 0 Å². The summed E-state index contributed by atoms with van der Waals surface area (Å²) in [5, 5.41) is 2.14. The summed E-state index contributed by atoms with van der Waals surface area (Å²) in [4.78, 5) is 6.60. The summed E-state index contributed by atoms with van der Waals surface area (Å²) in [5.41, 5.74) is 6.02. The van der Waals surface area contributed by atoms with Crippen LogP contribution in [0.3, 0.4) is 0 Å². The van der Waals surface area contributed by atoms with Crippen molar-refractivity contribution in [2.24, 2.45) is 5.73 Å². The number of thiophene rings is 2. The third-order valence-electron chi connectivity index (χ3n) is 3.64. The van der Waals surface area contributed by atoms with Crippen molar-refractivity contribution in [3.8, 4) is 0 Å². The fourth-order valence-electron chi connectivity index (χ4n) is 2.25. The zero-order valence-corrected chi connectivity index (χ0v) is 13.4.